The first kappa shape index (κ1) is 26.8. The summed E-state index contributed by atoms with van der Waals surface area (Å²) in [6.07, 6.45) is 0.00390. The Morgan fingerprint density at radius 2 is 1.41 bits per heavy atom. The van der Waals surface area contributed by atoms with Gasteiger partial charge in [0.05, 0.1) is 6.10 Å². The summed E-state index contributed by atoms with van der Waals surface area (Å²) >= 11 is 0. The van der Waals surface area contributed by atoms with Gasteiger partial charge in [0.25, 0.3) is 11.8 Å². The Balaban J connectivity index is 0.00000512. The highest BCUT2D eigenvalue weighted by Gasteiger charge is 2.29. The third kappa shape index (κ3) is 6.90. The van der Waals surface area contributed by atoms with Crippen LogP contribution in [0, 0.1) is 0 Å². The van der Waals surface area contributed by atoms with E-state index in [4.69, 9.17) is 5.21 Å². The van der Waals surface area contributed by atoms with Crippen LogP contribution in [0.3, 0.4) is 0 Å². The number of aliphatic hydroxyl groups is 1. The van der Waals surface area contributed by atoms with E-state index >= 15 is 0 Å². The number of hydrogen-bond acceptors (Lipinski definition) is 5. The van der Waals surface area contributed by atoms with Crippen LogP contribution in [0.15, 0.2) is 48.5 Å². The van der Waals surface area contributed by atoms with Gasteiger partial charge in [0.1, 0.15) is 12.1 Å². The van der Waals surface area contributed by atoms with Gasteiger partial charge in [-0.1, -0.05) is 57.7 Å². The van der Waals surface area contributed by atoms with E-state index in [1.807, 2.05) is 24.3 Å². The molecule has 2 aromatic rings. The number of carbonyl (C=O) groups excluding carboxylic acids is 3. The van der Waals surface area contributed by atoms with E-state index in [0.29, 0.717) is 5.56 Å². The minimum atomic E-state index is -1.35. The zero-order valence-corrected chi connectivity index (χ0v) is 17.9. The van der Waals surface area contributed by atoms with Crippen molar-refractivity contribution in [1.82, 2.24) is 16.1 Å². The number of rotatable bonds is 9. The Kier molecular flexibility index (Phi) is 10.5. The van der Waals surface area contributed by atoms with Gasteiger partial charge in [-0.2, -0.15) is 0 Å². The molecular formula is C24H33N3O5. The van der Waals surface area contributed by atoms with Crippen LogP contribution < -0.4 is 16.1 Å². The second kappa shape index (κ2) is 12.6. The van der Waals surface area contributed by atoms with E-state index in [1.54, 1.807) is 19.1 Å². The number of amides is 3. The van der Waals surface area contributed by atoms with Crippen LogP contribution in [-0.4, -0.2) is 46.2 Å². The van der Waals surface area contributed by atoms with Gasteiger partial charge in [0.15, 0.2) is 0 Å². The van der Waals surface area contributed by atoms with Gasteiger partial charge in [-0.25, -0.2) is 5.48 Å². The summed E-state index contributed by atoms with van der Waals surface area (Å²) in [5.74, 6) is -2.03. The summed E-state index contributed by atoms with van der Waals surface area (Å²) in [7, 11) is 0. The molecule has 3 atom stereocenters. The van der Waals surface area contributed by atoms with Crippen LogP contribution in [-0.2, 0) is 16.0 Å². The van der Waals surface area contributed by atoms with Crippen LogP contribution in [0.25, 0.3) is 11.1 Å². The normalized spacial score (nSPS) is 13.2. The van der Waals surface area contributed by atoms with Crippen LogP contribution in [0.5, 0.6) is 0 Å². The molecule has 0 radical (unpaired) electrons. The van der Waals surface area contributed by atoms with E-state index in [9.17, 15) is 19.5 Å². The fraction of sp³-hybridized carbons (Fsp3) is 0.375. The Morgan fingerprint density at radius 1 is 0.875 bits per heavy atom. The second-order valence-corrected chi connectivity index (χ2v) is 7.27. The van der Waals surface area contributed by atoms with Crippen molar-refractivity contribution in [2.45, 2.75) is 59.2 Å². The summed E-state index contributed by atoms with van der Waals surface area (Å²) < 4.78 is 0. The second-order valence-electron chi connectivity index (χ2n) is 7.27. The number of nitrogens with one attached hydrogen (secondary N) is 3. The minimum Gasteiger partial charge on any atom is -0.391 e. The van der Waals surface area contributed by atoms with Crippen molar-refractivity contribution in [3.05, 3.63) is 59.7 Å². The molecule has 2 aromatic carbocycles. The quantitative estimate of drug-likeness (QED) is 0.300. The molecule has 32 heavy (non-hydrogen) atoms. The SMILES string of the molecule is C.CCc1ccc(-c2ccc(C(=O)N[C@@H](CC)C(=O)N[C@H](C(=O)NO)[C@@H](C)O)cc2)cc1. The van der Waals surface area contributed by atoms with E-state index < -0.39 is 35.9 Å². The number of aliphatic hydroxyl groups excluding tert-OH is 1. The average molecular weight is 444 g/mol. The lowest BCUT2D eigenvalue weighted by Gasteiger charge is -2.23. The van der Waals surface area contributed by atoms with Crippen molar-refractivity contribution >= 4 is 17.7 Å². The van der Waals surface area contributed by atoms with Gasteiger partial charge in [0, 0.05) is 5.56 Å². The maximum absolute atomic E-state index is 12.6. The molecule has 174 valence electrons. The average Bonchev–Trinajstić information content (AvgIpc) is 2.80. The number of carbonyl (C=O) groups is 3. The molecule has 8 nitrogen and oxygen atoms in total. The predicted octanol–water partition coefficient (Wildman–Crippen LogP) is 2.43. The van der Waals surface area contributed by atoms with Crippen LogP contribution in [0.4, 0.5) is 0 Å². The molecule has 0 saturated heterocycles. The van der Waals surface area contributed by atoms with Gasteiger partial charge in [0.2, 0.25) is 5.91 Å². The Morgan fingerprint density at radius 3 is 1.84 bits per heavy atom. The van der Waals surface area contributed by atoms with Crippen molar-refractivity contribution in [2.75, 3.05) is 0 Å². The smallest absolute Gasteiger partial charge is 0.268 e. The molecule has 0 unspecified atom stereocenters. The van der Waals surface area contributed by atoms with Gasteiger partial charge >= 0.3 is 0 Å². The van der Waals surface area contributed by atoms with Crippen molar-refractivity contribution in [3.63, 3.8) is 0 Å². The first-order valence-corrected chi connectivity index (χ1v) is 10.2. The Bertz CT molecular complexity index is 895. The molecule has 0 heterocycles. The van der Waals surface area contributed by atoms with Crippen LogP contribution in [0.2, 0.25) is 0 Å². The topological polar surface area (TPSA) is 128 Å². The maximum atomic E-state index is 12.6. The lowest BCUT2D eigenvalue weighted by molar-refractivity contribution is -0.138. The van der Waals surface area contributed by atoms with E-state index in [1.165, 1.54) is 18.0 Å². The first-order valence-electron chi connectivity index (χ1n) is 10.2. The molecule has 0 aliphatic heterocycles. The number of benzene rings is 2. The highest BCUT2D eigenvalue weighted by Crippen LogP contribution is 2.20. The number of hydroxylamine groups is 1. The molecular weight excluding hydrogens is 410 g/mol. The highest BCUT2D eigenvalue weighted by molar-refractivity contribution is 5.98. The molecule has 0 fully saturated rings. The summed E-state index contributed by atoms with van der Waals surface area (Å²) in [6, 6.07) is 13.0. The van der Waals surface area contributed by atoms with Gasteiger partial charge in [-0.3, -0.25) is 19.6 Å². The van der Waals surface area contributed by atoms with Crippen molar-refractivity contribution < 1.29 is 24.7 Å². The highest BCUT2D eigenvalue weighted by atomic mass is 16.5. The largest absolute Gasteiger partial charge is 0.391 e. The van der Waals surface area contributed by atoms with Gasteiger partial charge in [-0.15, -0.1) is 0 Å². The first-order chi connectivity index (χ1) is 14.8. The molecule has 5 N–H and O–H groups in total. The molecule has 0 spiro atoms. The maximum Gasteiger partial charge on any atom is 0.268 e. The summed E-state index contributed by atoms with van der Waals surface area (Å²) in [5.41, 5.74) is 5.05. The Labute approximate surface area is 189 Å². The molecule has 0 saturated carbocycles. The van der Waals surface area contributed by atoms with Crippen molar-refractivity contribution in [2.24, 2.45) is 0 Å². The summed E-state index contributed by atoms with van der Waals surface area (Å²) in [5, 5.41) is 23.4. The van der Waals surface area contributed by atoms with Crippen LogP contribution in [0.1, 0.15) is 50.5 Å². The lowest BCUT2D eigenvalue weighted by atomic mass is 10.0. The monoisotopic (exact) mass is 443 g/mol. The molecule has 0 aromatic heterocycles. The Hall–Kier alpha value is -3.23. The van der Waals surface area contributed by atoms with Crippen LogP contribution >= 0.6 is 0 Å². The predicted molar refractivity (Wildman–Crippen MR) is 123 cm³/mol. The third-order valence-corrected chi connectivity index (χ3v) is 5.05. The van der Waals surface area contributed by atoms with E-state index in [2.05, 4.69) is 29.7 Å². The zero-order chi connectivity index (χ0) is 23.0. The lowest BCUT2D eigenvalue weighted by Crippen LogP contribution is -2.56. The summed E-state index contributed by atoms with van der Waals surface area (Å²) in [6.45, 7) is 5.10. The third-order valence-electron chi connectivity index (χ3n) is 5.05. The van der Waals surface area contributed by atoms with E-state index in [0.717, 1.165) is 17.5 Å². The zero-order valence-electron chi connectivity index (χ0n) is 17.9. The fourth-order valence-corrected chi connectivity index (χ4v) is 3.07. The van der Waals surface area contributed by atoms with Gasteiger partial charge in [-0.05, 0) is 48.6 Å². The molecule has 0 bridgehead atoms. The molecule has 3 amide bonds. The molecule has 2 rings (SSSR count). The van der Waals surface area contributed by atoms with Gasteiger partial charge < -0.3 is 15.7 Å². The minimum absolute atomic E-state index is 0. The molecule has 0 aliphatic rings. The van der Waals surface area contributed by atoms with Crippen molar-refractivity contribution in [1.29, 1.82) is 0 Å². The number of aryl methyl sites for hydroxylation is 1. The summed E-state index contributed by atoms with van der Waals surface area (Å²) in [4.78, 5) is 36.7. The molecule has 0 aliphatic carbocycles. The standard InChI is InChI=1S/C23H29N3O5.CH4/c1-4-15-6-8-16(9-7-15)17-10-12-18(13-11-17)21(28)24-19(5-2)22(29)25-20(14(3)27)23(30)26-31;/h6-14,19-20,27,31H,4-5H2,1-3H3,(H,24,28)(H,25,29)(H,26,30);1H4/t14-,19+,20+;/m1./s1. The van der Waals surface area contributed by atoms with E-state index in [-0.39, 0.29) is 13.8 Å². The number of hydrogen-bond donors (Lipinski definition) is 5. The van der Waals surface area contributed by atoms with Crippen molar-refractivity contribution in [3.8, 4) is 11.1 Å². The fourth-order valence-electron chi connectivity index (χ4n) is 3.07. The molecule has 8 heteroatoms.